The van der Waals surface area contributed by atoms with Gasteiger partial charge in [-0.25, -0.2) is 0 Å². The normalized spacial score (nSPS) is 19.3. The van der Waals surface area contributed by atoms with E-state index in [-0.39, 0.29) is 0 Å². The Morgan fingerprint density at radius 3 is 2.68 bits per heavy atom. The molecule has 1 aliphatic heterocycles. The van der Waals surface area contributed by atoms with Crippen LogP contribution in [0.2, 0.25) is 0 Å². The Bertz CT molecular complexity index is 397. The fourth-order valence-electron chi connectivity index (χ4n) is 2.61. The van der Waals surface area contributed by atoms with Gasteiger partial charge >= 0.3 is 0 Å². The summed E-state index contributed by atoms with van der Waals surface area (Å²) in [5, 5.41) is 3.44. The number of hydrogen-bond acceptors (Lipinski definition) is 3. The first-order valence-corrected chi connectivity index (χ1v) is 7.28. The summed E-state index contributed by atoms with van der Waals surface area (Å²) in [6, 6.07) is 8.47. The summed E-state index contributed by atoms with van der Waals surface area (Å²) in [6.45, 7) is 8.43. The van der Waals surface area contributed by atoms with Gasteiger partial charge in [0.15, 0.2) is 0 Å². The van der Waals surface area contributed by atoms with Crippen molar-refractivity contribution < 1.29 is 4.74 Å². The molecule has 1 aromatic carbocycles. The van der Waals surface area contributed by atoms with Gasteiger partial charge in [-0.3, -0.25) is 4.90 Å². The van der Waals surface area contributed by atoms with Gasteiger partial charge in [-0.05, 0) is 51.4 Å². The Morgan fingerprint density at radius 2 is 2.05 bits per heavy atom. The van der Waals surface area contributed by atoms with Crippen molar-refractivity contribution in [1.29, 1.82) is 0 Å². The van der Waals surface area contributed by atoms with Crippen molar-refractivity contribution in [3.63, 3.8) is 0 Å². The van der Waals surface area contributed by atoms with Gasteiger partial charge in [0.05, 0.1) is 6.61 Å². The van der Waals surface area contributed by atoms with Crippen LogP contribution in [0, 0.1) is 0 Å². The van der Waals surface area contributed by atoms with Crippen molar-refractivity contribution in [1.82, 2.24) is 10.2 Å². The average molecular weight is 262 g/mol. The van der Waals surface area contributed by atoms with Crippen LogP contribution >= 0.6 is 0 Å². The van der Waals surface area contributed by atoms with E-state index in [4.69, 9.17) is 4.74 Å². The summed E-state index contributed by atoms with van der Waals surface area (Å²) in [6.07, 6.45) is 2.43. The lowest BCUT2D eigenvalue weighted by Crippen LogP contribution is -2.49. The van der Waals surface area contributed by atoms with Crippen LogP contribution in [0.3, 0.4) is 0 Å². The highest BCUT2D eigenvalue weighted by atomic mass is 16.5. The molecule has 3 heteroatoms. The van der Waals surface area contributed by atoms with E-state index in [0.29, 0.717) is 5.54 Å². The molecular weight excluding hydrogens is 236 g/mol. The minimum absolute atomic E-state index is 0.323. The number of nitrogens with one attached hydrogen (secondary N) is 1. The first-order chi connectivity index (χ1) is 9.15. The van der Waals surface area contributed by atoms with Crippen molar-refractivity contribution in [3.05, 3.63) is 29.8 Å². The van der Waals surface area contributed by atoms with Crippen LogP contribution in [0.15, 0.2) is 24.3 Å². The predicted molar refractivity (Wildman–Crippen MR) is 79.6 cm³/mol. The number of piperidine rings is 1. The fourth-order valence-corrected chi connectivity index (χ4v) is 2.61. The topological polar surface area (TPSA) is 24.5 Å². The molecule has 0 atom stereocenters. The lowest BCUT2D eigenvalue weighted by atomic mass is 9.90. The van der Waals surface area contributed by atoms with Crippen molar-refractivity contribution in [2.75, 3.05) is 26.7 Å². The molecule has 0 aromatic heterocycles. The summed E-state index contributed by atoms with van der Waals surface area (Å²) in [4.78, 5) is 2.53. The van der Waals surface area contributed by atoms with Gasteiger partial charge < -0.3 is 10.1 Å². The third-order valence-corrected chi connectivity index (χ3v) is 4.18. The van der Waals surface area contributed by atoms with Gasteiger partial charge in [-0.2, -0.15) is 0 Å². The summed E-state index contributed by atoms with van der Waals surface area (Å²) in [7, 11) is 2.07. The third kappa shape index (κ3) is 3.95. The van der Waals surface area contributed by atoms with E-state index in [1.54, 1.807) is 0 Å². The van der Waals surface area contributed by atoms with E-state index in [1.807, 2.05) is 13.0 Å². The molecule has 0 unspecified atom stereocenters. The average Bonchev–Trinajstić information content (AvgIpc) is 2.43. The molecule has 0 spiro atoms. The van der Waals surface area contributed by atoms with Crippen LogP contribution in [-0.2, 0) is 6.54 Å². The molecule has 1 aliphatic rings. The number of rotatable bonds is 5. The number of ether oxygens (including phenoxy) is 1. The molecule has 1 fully saturated rings. The molecule has 0 bridgehead atoms. The minimum Gasteiger partial charge on any atom is -0.494 e. The van der Waals surface area contributed by atoms with Gasteiger partial charge in [-0.1, -0.05) is 12.1 Å². The highest BCUT2D eigenvalue weighted by Crippen LogP contribution is 2.23. The molecule has 1 N–H and O–H groups in total. The lowest BCUT2D eigenvalue weighted by Gasteiger charge is -2.39. The largest absolute Gasteiger partial charge is 0.494 e. The summed E-state index contributed by atoms with van der Waals surface area (Å²) in [5.41, 5.74) is 1.67. The van der Waals surface area contributed by atoms with Gasteiger partial charge in [0.2, 0.25) is 0 Å². The first-order valence-electron chi connectivity index (χ1n) is 7.28. The van der Waals surface area contributed by atoms with Crippen LogP contribution < -0.4 is 10.1 Å². The molecule has 0 aliphatic carbocycles. The van der Waals surface area contributed by atoms with Crippen LogP contribution in [0.1, 0.15) is 32.3 Å². The van der Waals surface area contributed by atoms with Crippen molar-refractivity contribution in [2.45, 2.75) is 38.8 Å². The van der Waals surface area contributed by atoms with Gasteiger partial charge in [0.1, 0.15) is 5.75 Å². The number of benzene rings is 1. The Kier molecular flexibility index (Phi) is 4.83. The predicted octanol–water partition coefficient (Wildman–Crippen LogP) is 2.66. The quantitative estimate of drug-likeness (QED) is 0.883. The van der Waals surface area contributed by atoms with Crippen LogP contribution in [0.25, 0.3) is 0 Å². The number of likely N-dealkylation sites (tertiary alicyclic amines) is 1. The Labute approximate surface area is 116 Å². The maximum atomic E-state index is 5.56. The zero-order valence-electron chi connectivity index (χ0n) is 12.4. The monoisotopic (exact) mass is 262 g/mol. The fraction of sp³-hybridized carbons (Fsp3) is 0.625. The summed E-state index contributed by atoms with van der Waals surface area (Å²) in [5.74, 6) is 0.983. The Hall–Kier alpha value is -1.06. The third-order valence-electron chi connectivity index (χ3n) is 4.18. The second-order valence-electron chi connectivity index (χ2n) is 5.67. The van der Waals surface area contributed by atoms with Crippen molar-refractivity contribution in [3.8, 4) is 5.75 Å². The van der Waals surface area contributed by atoms with Crippen molar-refractivity contribution >= 4 is 0 Å². The second-order valence-corrected chi connectivity index (χ2v) is 5.67. The molecular formula is C16H26N2O. The Balaban J connectivity index is 1.90. The molecule has 19 heavy (non-hydrogen) atoms. The van der Waals surface area contributed by atoms with Crippen LogP contribution in [-0.4, -0.2) is 37.2 Å². The van der Waals surface area contributed by atoms with Gasteiger partial charge in [0.25, 0.3) is 0 Å². The lowest BCUT2D eigenvalue weighted by molar-refractivity contribution is 0.146. The van der Waals surface area contributed by atoms with E-state index < -0.39 is 0 Å². The maximum absolute atomic E-state index is 5.56. The van der Waals surface area contributed by atoms with E-state index >= 15 is 0 Å². The Morgan fingerprint density at radius 1 is 1.32 bits per heavy atom. The standard InChI is InChI=1S/C16H26N2O/c1-4-19-15-7-5-6-14(12-15)13-18-10-8-16(2,17-3)9-11-18/h5-7,12,17H,4,8-11,13H2,1-3H3. The van der Waals surface area contributed by atoms with Crippen LogP contribution in [0.4, 0.5) is 0 Å². The van der Waals surface area contributed by atoms with E-state index in [2.05, 4.69) is 42.4 Å². The van der Waals surface area contributed by atoms with E-state index in [9.17, 15) is 0 Å². The van der Waals surface area contributed by atoms with E-state index in [1.165, 1.54) is 18.4 Å². The zero-order valence-corrected chi connectivity index (χ0v) is 12.4. The second kappa shape index (κ2) is 6.40. The highest BCUT2D eigenvalue weighted by molar-refractivity contribution is 5.28. The molecule has 2 rings (SSSR count). The summed E-state index contributed by atoms with van der Waals surface area (Å²) < 4.78 is 5.56. The van der Waals surface area contributed by atoms with E-state index in [0.717, 1.165) is 32.0 Å². The zero-order chi connectivity index (χ0) is 13.7. The summed E-state index contributed by atoms with van der Waals surface area (Å²) >= 11 is 0. The smallest absolute Gasteiger partial charge is 0.119 e. The van der Waals surface area contributed by atoms with Crippen molar-refractivity contribution in [2.24, 2.45) is 0 Å². The molecule has 0 radical (unpaired) electrons. The van der Waals surface area contributed by atoms with Gasteiger partial charge in [0, 0.05) is 25.2 Å². The molecule has 3 nitrogen and oxygen atoms in total. The number of nitrogens with zero attached hydrogens (tertiary/aromatic N) is 1. The highest BCUT2D eigenvalue weighted by Gasteiger charge is 2.27. The SMILES string of the molecule is CCOc1cccc(CN2CCC(C)(NC)CC2)c1. The first kappa shape index (κ1) is 14.4. The molecule has 0 saturated carbocycles. The molecule has 106 valence electrons. The molecule has 0 amide bonds. The minimum atomic E-state index is 0.323. The number of hydrogen-bond donors (Lipinski definition) is 1. The molecule has 1 heterocycles. The molecule has 1 aromatic rings. The maximum Gasteiger partial charge on any atom is 0.119 e. The van der Waals surface area contributed by atoms with Crippen LogP contribution in [0.5, 0.6) is 5.75 Å². The van der Waals surface area contributed by atoms with Gasteiger partial charge in [-0.15, -0.1) is 0 Å². The molecule has 1 saturated heterocycles.